The van der Waals surface area contributed by atoms with Crippen LogP contribution in [0.15, 0.2) is 18.3 Å². The van der Waals surface area contributed by atoms with Crippen LogP contribution in [0.25, 0.3) is 0 Å². The Morgan fingerprint density at radius 1 is 1.33 bits per heavy atom. The predicted octanol–water partition coefficient (Wildman–Crippen LogP) is 1.58. The molecule has 4 nitrogen and oxygen atoms in total. The quantitative estimate of drug-likeness (QED) is 0.790. The zero-order chi connectivity index (χ0) is 10.6. The van der Waals surface area contributed by atoms with Crippen LogP contribution >= 0.6 is 0 Å². The molecule has 0 atom stereocenters. The highest BCUT2D eigenvalue weighted by Crippen LogP contribution is 2.27. The summed E-state index contributed by atoms with van der Waals surface area (Å²) in [5, 5.41) is 21.1. The fourth-order valence-electron chi connectivity index (χ4n) is 2.04. The molecule has 1 aromatic heterocycles. The Morgan fingerprint density at radius 3 is 2.80 bits per heavy atom. The van der Waals surface area contributed by atoms with Gasteiger partial charge in [-0.1, -0.05) is 19.3 Å². The second-order valence-electron chi connectivity index (χ2n) is 4.25. The van der Waals surface area contributed by atoms with Crippen molar-refractivity contribution >= 4 is 5.82 Å². The number of nitrogens with one attached hydrogen (secondary N) is 1. The molecule has 1 fully saturated rings. The van der Waals surface area contributed by atoms with E-state index >= 15 is 0 Å². The van der Waals surface area contributed by atoms with E-state index in [9.17, 15) is 5.11 Å². The lowest BCUT2D eigenvalue weighted by Crippen LogP contribution is -2.38. The van der Waals surface area contributed by atoms with Crippen molar-refractivity contribution in [2.24, 2.45) is 0 Å². The molecule has 0 unspecified atom stereocenters. The van der Waals surface area contributed by atoms with Gasteiger partial charge in [-0.05, 0) is 25.0 Å². The third kappa shape index (κ3) is 2.89. The first-order valence-corrected chi connectivity index (χ1v) is 5.52. The molecule has 0 saturated heterocycles. The van der Waals surface area contributed by atoms with Crippen molar-refractivity contribution in [2.75, 3.05) is 11.9 Å². The van der Waals surface area contributed by atoms with Crippen LogP contribution in [0, 0.1) is 0 Å². The second-order valence-corrected chi connectivity index (χ2v) is 4.25. The summed E-state index contributed by atoms with van der Waals surface area (Å²) in [5.41, 5.74) is -0.546. The minimum absolute atomic E-state index is 0.546. The van der Waals surface area contributed by atoms with Crippen LogP contribution in [0.1, 0.15) is 32.1 Å². The molecular weight excluding hydrogens is 190 g/mol. The molecule has 0 radical (unpaired) electrons. The Balaban J connectivity index is 1.87. The minimum Gasteiger partial charge on any atom is -0.388 e. The maximum atomic E-state index is 10.2. The first-order valence-electron chi connectivity index (χ1n) is 5.52. The van der Waals surface area contributed by atoms with Crippen molar-refractivity contribution in [3.8, 4) is 0 Å². The highest BCUT2D eigenvalue weighted by atomic mass is 16.3. The average Bonchev–Trinajstić information content (AvgIpc) is 2.29. The third-order valence-electron chi connectivity index (χ3n) is 2.96. The molecule has 15 heavy (non-hydrogen) atoms. The lowest BCUT2D eigenvalue weighted by atomic mass is 9.85. The van der Waals surface area contributed by atoms with E-state index < -0.39 is 5.60 Å². The van der Waals surface area contributed by atoms with E-state index in [-0.39, 0.29) is 0 Å². The van der Waals surface area contributed by atoms with Gasteiger partial charge in [-0.3, -0.25) is 0 Å². The van der Waals surface area contributed by atoms with Gasteiger partial charge < -0.3 is 10.4 Å². The van der Waals surface area contributed by atoms with E-state index in [1.807, 2.05) is 12.1 Å². The smallest absolute Gasteiger partial charge is 0.148 e. The number of nitrogens with zero attached hydrogens (tertiary/aromatic N) is 2. The van der Waals surface area contributed by atoms with Crippen molar-refractivity contribution in [1.29, 1.82) is 0 Å². The van der Waals surface area contributed by atoms with E-state index in [4.69, 9.17) is 0 Å². The zero-order valence-electron chi connectivity index (χ0n) is 8.82. The Kier molecular flexibility index (Phi) is 3.16. The van der Waals surface area contributed by atoms with Crippen LogP contribution in [-0.4, -0.2) is 27.4 Å². The molecule has 1 heterocycles. The van der Waals surface area contributed by atoms with Crippen molar-refractivity contribution in [3.05, 3.63) is 18.3 Å². The van der Waals surface area contributed by atoms with Gasteiger partial charge in [0.05, 0.1) is 5.60 Å². The minimum atomic E-state index is -0.546. The molecule has 0 aromatic carbocycles. The average molecular weight is 207 g/mol. The van der Waals surface area contributed by atoms with Crippen LogP contribution in [0.4, 0.5) is 5.82 Å². The zero-order valence-corrected chi connectivity index (χ0v) is 8.82. The summed E-state index contributed by atoms with van der Waals surface area (Å²) in [6, 6.07) is 3.69. The Bertz CT molecular complexity index is 296. The standard InChI is InChI=1S/C11H17N3O/c15-11(6-2-1-3-7-11)9-12-10-5-4-8-13-14-10/h4-5,8,15H,1-3,6-7,9H2,(H,12,14). The lowest BCUT2D eigenvalue weighted by Gasteiger charge is -2.32. The highest BCUT2D eigenvalue weighted by molar-refractivity contribution is 5.32. The molecule has 2 N–H and O–H groups in total. The number of aliphatic hydroxyl groups is 1. The highest BCUT2D eigenvalue weighted by Gasteiger charge is 2.28. The van der Waals surface area contributed by atoms with E-state index in [2.05, 4.69) is 15.5 Å². The second kappa shape index (κ2) is 4.57. The number of rotatable bonds is 3. The van der Waals surface area contributed by atoms with Crippen molar-refractivity contribution < 1.29 is 5.11 Å². The van der Waals surface area contributed by atoms with Crippen molar-refractivity contribution in [1.82, 2.24) is 10.2 Å². The van der Waals surface area contributed by atoms with Crippen LogP contribution < -0.4 is 5.32 Å². The Labute approximate surface area is 89.7 Å². The van der Waals surface area contributed by atoms with Crippen molar-refractivity contribution in [2.45, 2.75) is 37.7 Å². The van der Waals surface area contributed by atoms with Gasteiger partial charge in [0.1, 0.15) is 5.82 Å². The van der Waals surface area contributed by atoms with Gasteiger partial charge >= 0.3 is 0 Å². The SMILES string of the molecule is OC1(CNc2cccnn2)CCCCC1. The fraction of sp³-hybridized carbons (Fsp3) is 0.636. The van der Waals surface area contributed by atoms with Gasteiger partial charge in [0.25, 0.3) is 0 Å². The third-order valence-corrected chi connectivity index (χ3v) is 2.96. The van der Waals surface area contributed by atoms with Gasteiger partial charge in [-0.15, -0.1) is 5.10 Å². The molecule has 0 spiro atoms. The molecule has 0 aliphatic heterocycles. The normalized spacial score (nSPS) is 19.8. The summed E-state index contributed by atoms with van der Waals surface area (Å²) in [6.45, 7) is 0.575. The van der Waals surface area contributed by atoms with Crippen LogP contribution in [0.2, 0.25) is 0 Å². The van der Waals surface area contributed by atoms with E-state index in [0.29, 0.717) is 6.54 Å². The molecule has 4 heteroatoms. The van der Waals surface area contributed by atoms with Crippen molar-refractivity contribution in [3.63, 3.8) is 0 Å². The summed E-state index contributed by atoms with van der Waals surface area (Å²) in [6.07, 6.45) is 6.91. The van der Waals surface area contributed by atoms with Gasteiger partial charge in [0.2, 0.25) is 0 Å². The van der Waals surface area contributed by atoms with E-state index in [0.717, 1.165) is 31.5 Å². The summed E-state index contributed by atoms with van der Waals surface area (Å²) in [7, 11) is 0. The number of hydrogen-bond acceptors (Lipinski definition) is 4. The molecule has 1 saturated carbocycles. The molecule has 82 valence electrons. The molecule has 1 aliphatic rings. The summed E-state index contributed by atoms with van der Waals surface area (Å²) in [5.74, 6) is 0.733. The predicted molar refractivity (Wildman–Crippen MR) is 58.6 cm³/mol. The number of anilines is 1. The summed E-state index contributed by atoms with van der Waals surface area (Å²) >= 11 is 0. The molecular formula is C11H17N3O. The number of aromatic nitrogens is 2. The van der Waals surface area contributed by atoms with Gasteiger partial charge in [0, 0.05) is 12.7 Å². The topological polar surface area (TPSA) is 58.0 Å². The van der Waals surface area contributed by atoms with E-state index in [1.165, 1.54) is 6.42 Å². The summed E-state index contributed by atoms with van der Waals surface area (Å²) in [4.78, 5) is 0. The molecule has 0 amide bonds. The Hall–Kier alpha value is -1.16. The maximum absolute atomic E-state index is 10.2. The van der Waals surface area contributed by atoms with E-state index in [1.54, 1.807) is 6.20 Å². The largest absolute Gasteiger partial charge is 0.388 e. The fourth-order valence-corrected chi connectivity index (χ4v) is 2.04. The summed E-state index contributed by atoms with van der Waals surface area (Å²) < 4.78 is 0. The maximum Gasteiger partial charge on any atom is 0.148 e. The number of hydrogen-bond donors (Lipinski definition) is 2. The molecule has 1 aliphatic carbocycles. The first-order chi connectivity index (χ1) is 7.29. The van der Waals surface area contributed by atoms with Crippen LogP contribution in [-0.2, 0) is 0 Å². The molecule has 2 rings (SSSR count). The lowest BCUT2D eigenvalue weighted by molar-refractivity contribution is 0.0166. The van der Waals surface area contributed by atoms with Gasteiger partial charge in [0.15, 0.2) is 0 Å². The van der Waals surface area contributed by atoms with Crippen LogP contribution in [0.5, 0.6) is 0 Å². The monoisotopic (exact) mass is 207 g/mol. The molecule has 0 bridgehead atoms. The van der Waals surface area contributed by atoms with Crippen LogP contribution in [0.3, 0.4) is 0 Å². The van der Waals surface area contributed by atoms with Gasteiger partial charge in [-0.25, -0.2) is 0 Å². The van der Waals surface area contributed by atoms with Gasteiger partial charge in [-0.2, -0.15) is 5.10 Å². The Morgan fingerprint density at radius 2 is 2.13 bits per heavy atom. The molecule has 1 aromatic rings. The first kappa shape index (κ1) is 10.4.